The zero-order chi connectivity index (χ0) is 21.9. The summed E-state index contributed by atoms with van der Waals surface area (Å²) >= 11 is 0. The number of hydrogen-bond donors (Lipinski definition) is 0. The van der Waals surface area contributed by atoms with Crippen LogP contribution in [0.25, 0.3) is 5.82 Å². The summed E-state index contributed by atoms with van der Waals surface area (Å²) in [5.41, 5.74) is -1.88. The van der Waals surface area contributed by atoms with E-state index in [9.17, 15) is 22.8 Å². The van der Waals surface area contributed by atoms with Gasteiger partial charge in [-0.05, 0) is 25.8 Å². The Morgan fingerprint density at radius 3 is 2.63 bits per heavy atom. The van der Waals surface area contributed by atoms with Gasteiger partial charge in [-0.2, -0.15) is 18.3 Å². The fourth-order valence-electron chi connectivity index (χ4n) is 3.27. The third kappa shape index (κ3) is 4.36. The second-order valence-corrected chi connectivity index (χ2v) is 6.59. The molecule has 0 spiro atoms. The summed E-state index contributed by atoms with van der Waals surface area (Å²) in [6.07, 6.45) is -3.03. The van der Waals surface area contributed by atoms with Gasteiger partial charge in [0.05, 0.1) is 31.4 Å². The van der Waals surface area contributed by atoms with Crippen LogP contribution in [0.4, 0.5) is 13.2 Å². The van der Waals surface area contributed by atoms with Crippen molar-refractivity contribution in [2.45, 2.75) is 25.9 Å². The van der Waals surface area contributed by atoms with Crippen molar-refractivity contribution in [3.63, 3.8) is 0 Å². The monoisotopic (exact) mass is 427 g/mol. The van der Waals surface area contributed by atoms with E-state index in [4.69, 9.17) is 9.47 Å². The average Bonchev–Trinajstić information content (AvgIpc) is 3.19. The number of nitrogens with zero attached hydrogens (tertiary/aromatic N) is 5. The standard InChI is InChI=1S/C18H20F3N5O4/c1-3-30-17(28)11-5-4-8-25(10-11)16(27)12-9-22-26(15(12)18(19,20)21)13-6-7-14(29-2)24-23-13/h6-7,9,11H,3-5,8,10H2,1-2H3/t11-/m0/s1. The number of ether oxygens (including phenoxy) is 2. The minimum Gasteiger partial charge on any atom is -0.480 e. The summed E-state index contributed by atoms with van der Waals surface area (Å²) in [7, 11) is 1.34. The van der Waals surface area contributed by atoms with Gasteiger partial charge in [-0.25, -0.2) is 4.68 Å². The molecule has 0 unspecified atom stereocenters. The van der Waals surface area contributed by atoms with Crippen molar-refractivity contribution in [3.05, 3.63) is 29.6 Å². The molecule has 0 radical (unpaired) electrons. The highest BCUT2D eigenvalue weighted by molar-refractivity contribution is 5.96. The van der Waals surface area contributed by atoms with Crippen molar-refractivity contribution in [3.8, 4) is 11.7 Å². The summed E-state index contributed by atoms with van der Waals surface area (Å²) in [4.78, 5) is 26.1. The second-order valence-electron chi connectivity index (χ2n) is 6.59. The largest absolute Gasteiger partial charge is 0.480 e. The molecule has 9 nitrogen and oxygen atoms in total. The number of piperidine rings is 1. The lowest BCUT2D eigenvalue weighted by atomic mass is 9.97. The Kier molecular flexibility index (Phi) is 6.22. The van der Waals surface area contributed by atoms with E-state index in [1.54, 1.807) is 6.92 Å². The Morgan fingerprint density at radius 1 is 1.27 bits per heavy atom. The SMILES string of the molecule is CCOC(=O)[C@H]1CCCN(C(=O)c2cnn(-c3ccc(OC)nn3)c2C(F)(F)F)C1. The Morgan fingerprint density at radius 2 is 2.03 bits per heavy atom. The van der Waals surface area contributed by atoms with E-state index in [0.29, 0.717) is 17.5 Å². The van der Waals surface area contributed by atoms with Gasteiger partial charge in [0.1, 0.15) is 0 Å². The van der Waals surface area contributed by atoms with Gasteiger partial charge in [0.25, 0.3) is 5.91 Å². The van der Waals surface area contributed by atoms with Gasteiger partial charge in [0.15, 0.2) is 11.5 Å². The van der Waals surface area contributed by atoms with Gasteiger partial charge in [-0.1, -0.05) is 0 Å². The minimum atomic E-state index is -4.88. The molecule has 162 valence electrons. The van der Waals surface area contributed by atoms with E-state index >= 15 is 0 Å². The highest BCUT2D eigenvalue weighted by atomic mass is 19.4. The number of likely N-dealkylation sites (tertiary alicyclic amines) is 1. The molecule has 1 amide bonds. The van der Waals surface area contributed by atoms with Crippen LogP contribution < -0.4 is 4.74 Å². The molecule has 12 heteroatoms. The number of halogens is 3. The summed E-state index contributed by atoms with van der Waals surface area (Å²) in [6.45, 7) is 2.08. The second kappa shape index (κ2) is 8.67. The van der Waals surface area contributed by atoms with Crippen LogP contribution in [0.2, 0.25) is 0 Å². The van der Waals surface area contributed by atoms with Crippen LogP contribution in [-0.4, -0.2) is 63.6 Å². The first-order valence-corrected chi connectivity index (χ1v) is 9.25. The first kappa shape index (κ1) is 21.5. The Balaban J connectivity index is 1.92. The van der Waals surface area contributed by atoms with Gasteiger partial charge in [-0.3, -0.25) is 9.59 Å². The predicted molar refractivity (Wildman–Crippen MR) is 96.0 cm³/mol. The van der Waals surface area contributed by atoms with Crippen molar-refractivity contribution < 1.29 is 32.2 Å². The quantitative estimate of drug-likeness (QED) is 0.674. The van der Waals surface area contributed by atoms with Crippen LogP contribution in [0.15, 0.2) is 18.3 Å². The predicted octanol–water partition coefficient (Wildman–Crippen LogP) is 2.10. The maximum atomic E-state index is 13.8. The smallest absolute Gasteiger partial charge is 0.434 e. The van der Waals surface area contributed by atoms with E-state index in [1.165, 1.54) is 24.1 Å². The molecule has 0 aliphatic carbocycles. The number of rotatable bonds is 5. The van der Waals surface area contributed by atoms with E-state index in [0.717, 1.165) is 6.20 Å². The van der Waals surface area contributed by atoms with Gasteiger partial charge < -0.3 is 14.4 Å². The third-order valence-electron chi connectivity index (χ3n) is 4.65. The Bertz CT molecular complexity index is 914. The molecule has 3 heterocycles. The van der Waals surface area contributed by atoms with Gasteiger partial charge in [0.2, 0.25) is 5.88 Å². The molecule has 1 aliphatic heterocycles. The molecule has 0 bridgehead atoms. The number of amides is 1. The summed E-state index contributed by atoms with van der Waals surface area (Å²) < 4.78 is 51.8. The van der Waals surface area contributed by atoms with Crippen molar-refractivity contribution >= 4 is 11.9 Å². The molecule has 30 heavy (non-hydrogen) atoms. The number of carbonyl (C=O) groups excluding carboxylic acids is 2. The minimum absolute atomic E-state index is 0.0114. The number of methoxy groups -OCH3 is 1. The molecule has 0 saturated carbocycles. The molecule has 1 saturated heterocycles. The molecular weight excluding hydrogens is 407 g/mol. The zero-order valence-corrected chi connectivity index (χ0v) is 16.3. The maximum absolute atomic E-state index is 13.8. The van der Waals surface area contributed by atoms with E-state index in [1.807, 2.05) is 0 Å². The zero-order valence-electron chi connectivity index (χ0n) is 16.3. The van der Waals surface area contributed by atoms with E-state index < -0.39 is 35.2 Å². The van der Waals surface area contributed by atoms with Crippen LogP contribution in [0, 0.1) is 5.92 Å². The molecule has 2 aromatic heterocycles. The topological polar surface area (TPSA) is 99.4 Å². The number of carbonyl (C=O) groups is 2. The van der Waals surface area contributed by atoms with E-state index in [2.05, 4.69) is 15.3 Å². The van der Waals surface area contributed by atoms with Gasteiger partial charge in [0, 0.05) is 19.2 Å². The normalized spacial score (nSPS) is 17.0. The first-order chi connectivity index (χ1) is 14.3. The van der Waals surface area contributed by atoms with Crippen molar-refractivity contribution in [2.24, 2.45) is 5.92 Å². The fraction of sp³-hybridized carbons (Fsp3) is 0.500. The number of alkyl halides is 3. The third-order valence-corrected chi connectivity index (χ3v) is 4.65. The molecule has 0 N–H and O–H groups in total. The Hall–Kier alpha value is -3.18. The average molecular weight is 427 g/mol. The lowest BCUT2D eigenvalue weighted by Crippen LogP contribution is -2.43. The molecule has 2 aromatic rings. The summed E-state index contributed by atoms with van der Waals surface area (Å²) in [5.74, 6) is -1.99. The number of hydrogen-bond acceptors (Lipinski definition) is 7. The van der Waals surface area contributed by atoms with Crippen molar-refractivity contribution in [1.82, 2.24) is 24.9 Å². The lowest BCUT2D eigenvalue weighted by Gasteiger charge is -2.31. The number of esters is 1. The summed E-state index contributed by atoms with van der Waals surface area (Å²) in [5, 5.41) is 11.0. The van der Waals surface area contributed by atoms with Crippen LogP contribution >= 0.6 is 0 Å². The molecule has 1 aliphatic rings. The first-order valence-electron chi connectivity index (χ1n) is 9.25. The lowest BCUT2D eigenvalue weighted by molar-refractivity contribution is -0.149. The Labute approximate surface area is 169 Å². The van der Waals surface area contributed by atoms with Crippen LogP contribution in [-0.2, 0) is 15.7 Å². The molecule has 1 fully saturated rings. The maximum Gasteiger partial charge on any atom is 0.434 e. The molecule has 3 rings (SSSR count). The highest BCUT2D eigenvalue weighted by Crippen LogP contribution is 2.34. The van der Waals surface area contributed by atoms with Gasteiger partial charge >= 0.3 is 12.1 Å². The fourth-order valence-corrected chi connectivity index (χ4v) is 3.27. The highest BCUT2D eigenvalue weighted by Gasteiger charge is 2.42. The van der Waals surface area contributed by atoms with Crippen molar-refractivity contribution in [2.75, 3.05) is 26.8 Å². The van der Waals surface area contributed by atoms with Crippen LogP contribution in [0.3, 0.4) is 0 Å². The van der Waals surface area contributed by atoms with E-state index in [-0.39, 0.29) is 31.4 Å². The molecule has 0 aromatic carbocycles. The van der Waals surface area contributed by atoms with Crippen molar-refractivity contribution in [1.29, 1.82) is 0 Å². The van der Waals surface area contributed by atoms with Crippen LogP contribution in [0.1, 0.15) is 35.8 Å². The summed E-state index contributed by atoms with van der Waals surface area (Å²) in [6, 6.07) is 2.58. The van der Waals surface area contributed by atoms with Crippen LogP contribution in [0.5, 0.6) is 5.88 Å². The molecule has 1 atom stereocenters. The molecular formula is C18H20F3N5O4. The van der Waals surface area contributed by atoms with Gasteiger partial charge in [-0.15, -0.1) is 10.2 Å². The number of aromatic nitrogens is 4.